The number of carbonyl (C=O) groups is 1. The van der Waals surface area contributed by atoms with E-state index in [4.69, 9.17) is 9.94 Å². The molecule has 0 saturated heterocycles. The minimum atomic E-state index is -0.810. The Morgan fingerprint density at radius 3 is 2.58 bits per heavy atom. The lowest BCUT2D eigenvalue weighted by Gasteiger charge is -2.29. The third kappa shape index (κ3) is 4.25. The lowest BCUT2D eigenvalue weighted by molar-refractivity contribution is -0.725. The molecule has 1 rings (SSSR count). The van der Waals surface area contributed by atoms with Crippen LogP contribution in [-0.2, 0) is 9.63 Å². The van der Waals surface area contributed by atoms with Gasteiger partial charge in [0, 0.05) is 6.42 Å². The number of hydrogen-bond donors (Lipinski definition) is 1. The molecule has 0 aromatic rings. The maximum absolute atomic E-state index is 11.8. The van der Waals surface area contributed by atoms with Crippen molar-refractivity contribution < 1.29 is 19.7 Å². The van der Waals surface area contributed by atoms with Crippen LogP contribution in [0, 0.1) is 11.1 Å². The zero-order valence-corrected chi connectivity index (χ0v) is 12.0. The van der Waals surface area contributed by atoms with Crippen LogP contribution in [0.25, 0.3) is 0 Å². The minimum absolute atomic E-state index is 0.281. The predicted molar refractivity (Wildman–Crippen MR) is 68.0 cm³/mol. The van der Waals surface area contributed by atoms with E-state index in [2.05, 4.69) is 5.28 Å². The van der Waals surface area contributed by atoms with Crippen molar-refractivity contribution >= 4 is 5.97 Å². The molecule has 19 heavy (non-hydrogen) atoms. The first-order chi connectivity index (χ1) is 8.75. The van der Waals surface area contributed by atoms with Gasteiger partial charge in [-0.15, -0.1) is 5.01 Å². The maximum atomic E-state index is 11.8. The van der Waals surface area contributed by atoms with Crippen LogP contribution in [0.2, 0.25) is 0 Å². The fraction of sp³-hybridized carbons (Fsp3) is 0.917. The predicted octanol–water partition coefficient (Wildman–Crippen LogP) is 2.17. The molecule has 0 aromatic heterocycles. The van der Waals surface area contributed by atoms with Crippen molar-refractivity contribution in [1.82, 2.24) is 5.01 Å². The average Bonchev–Trinajstić information content (AvgIpc) is 2.74. The number of hydrogen-bond acceptors (Lipinski definition) is 4. The molecule has 1 aliphatic rings. The molecule has 0 unspecified atom stereocenters. The molecule has 1 N–H and O–H groups in total. The molecule has 1 fully saturated rings. The second kappa shape index (κ2) is 6.08. The highest BCUT2D eigenvalue weighted by molar-refractivity contribution is 5.70. The van der Waals surface area contributed by atoms with E-state index in [1.54, 1.807) is 0 Å². The summed E-state index contributed by atoms with van der Waals surface area (Å²) in [7, 11) is 0. The molecule has 7 nitrogen and oxygen atoms in total. The van der Waals surface area contributed by atoms with Crippen LogP contribution in [-0.4, -0.2) is 39.2 Å². The van der Waals surface area contributed by atoms with E-state index < -0.39 is 5.97 Å². The number of nitrogens with zero attached hydrogens (tertiary/aromatic N) is 3. The second-order valence-electron chi connectivity index (χ2n) is 5.80. The molecule has 0 aliphatic heterocycles. The molecular weight excluding hydrogens is 250 g/mol. The summed E-state index contributed by atoms with van der Waals surface area (Å²) in [4.78, 5) is 16.4. The third-order valence-electron chi connectivity index (χ3n) is 3.28. The van der Waals surface area contributed by atoms with Gasteiger partial charge in [-0.2, -0.15) is 0 Å². The Morgan fingerprint density at radius 2 is 2.16 bits per heavy atom. The largest absolute Gasteiger partial charge is 0.569 e. The molecule has 1 saturated carbocycles. The molecule has 0 amide bonds. The average molecular weight is 273 g/mol. The minimum Gasteiger partial charge on any atom is -0.569 e. The van der Waals surface area contributed by atoms with Gasteiger partial charge in [0.1, 0.15) is 6.10 Å². The number of rotatable bonds is 5. The van der Waals surface area contributed by atoms with Crippen molar-refractivity contribution in [3.63, 3.8) is 0 Å². The van der Waals surface area contributed by atoms with Crippen LogP contribution in [0.5, 0.6) is 0 Å². The van der Waals surface area contributed by atoms with Crippen LogP contribution in [0.3, 0.4) is 0 Å². The van der Waals surface area contributed by atoms with Crippen molar-refractivity contribution in [3.8, 4) is 0 Å². The molecule has 0 bridgehead atoms. The molecule has 1 aliphatic carbocycles. The smallest absolute Gasteiger partial charge is 0.306 e. The lowest BCUT2D eigenvalue weighted by Crippen LogP contribution is -2.45. The topological polar surface area (TPSA) is 88.2 Å². The first-order valence-electron chi connectivity index (χ1n) is 6.60. The SMILES string of the molecule is CCN(/[N+]([O-])=N/O[C@H]1CC[C@@H](C(=O)O)C1)C(C)(C)C. The molecule has 110 valence electrons. The monoisotopic (exact) mass is 273 g/mol. The van der Waals surface area contributed by atoms with E-state index in [1.165, 1.54) is 5.01 Å². The number of hydrazine groups is 1. The van der Waals surface area contributed by atoms with E-state index in [0.717, 1.165) is 0 Å². The van der Waals surface area contributed by atoms with Crippen molar-refractivity contribution in [1.29, 1.82) is 0 Å². The lowest BCUT2D eigenvalue weighted by atomic mass is 10.1. The van der Waals surface area contributed by atoms with Crippen LogP contribution in [0.4, 0.5) is 0 Å². The Hall–Kier alpha value is -1.53. The number of carboxylic acids is 1. The van der Waals surface area contributed by atoms with Gasteiger partial charge in [0.05, 0.1) is 23.0 Å². The van der Waals surface area contributed by atoms with Gasteiger partial charge < -0.3 is 15.2 Å². The zero-order chi connectivity index (χ0) is 14.6. The summed E-state index contributed by atoms with van der Waals surface area (Å²) in [5, 5.41) is 25.8. The van der Waals surface area contributed by atoms with E-state index in [-0.39, 0.29) is 17.6 Å². The normalized spacial score (nSPS) is 24.3. The highest BCUT2D eigenvalue weighted by atomic mass is 16.7. The van der Waals surface area contributed by atoms with E-state index in [0.29, 0.717) is 30.8 Å². The first kappa shape index (κ1) is 15.5. The summed E-state index contributed by atoms with van der Waals surface area (Å²) in [6, 6.07) is 0. The third-order valence-corrected chi connectivity index (χ3v) is 3.28. The molecule has 2 atom stereocenters. The van der Waals surface area contributed by atoms with Gasteiger partial charge in [0.15, 0.2) is 0 Å². The summed E-state index contributed by atoms with van der Waals surface area (Å²) in [5.41, 5.74) is -0.345. The van der Waals surface area contributed by atoms with Gasteiger partial charge >= 0.3 is 5.97 Å². The molecule has 0 aromatic carbocycles. The van der Waals surface area contributed by atoms with Crippen LogP contribution >= 0.6 is 0 Å². The van der Waals surface area contributed by atoms with Crippen molar-refractivity contribution in [2.24, 2.45) is 11.2 Å². The van der Waals surface area contributed by atoms with Crippen LogP contribution < -0.4 is 0 Å². The molecular formula is C12H23N3O4. The summed E-state index contributed by atoms with van der Waals surface area (Å²) in [6.45, 7) is 8.11. The van der Waals surface area contributed by atoms with Crippen molar-refractivity contribution in [2.75, 3.05) is 6.54 Å². The highest BCUT2D eigenvalue weighted by Crippen LogP contribution is 2.28. The van der Waals surface area contributed by atoms with Gasteiger partial charge in [-0.3, -0.25) is 4.79 Å². The number of aliphatic carboxylic acids is 1. The zero-order valence-electron chi connectivity index (χ0n) is 12.0. The maximum Gasteiger partial charge on any atom is 0.306 e. The fourth-order valence-electron chi connectivity index (χ4n) is 2.26. The van der Waals surface area contributed by atoms with Gasteiger partial charge in [-0.05, 0) is 40.5 Å². The Kier molecular flexibility index (Phi) is 4.97. The Bertz CT molecular complexity index is 351. The van der Waals surface area contributed by atoms with Crippen molar-refractivity contribution in [3.05, 3.63) is 5.21 Å². The van der Waals surface area contributed by atoms with E-state index in [9.17, 15) is 10.0 Å². The summed E-state index contributed by atoms with van der Waals surface area (Å²) in [5.74, 6) is -1.19. The molecule has 0 radical (unpaired) electrons. The van der Waals surface area contributed by atoms with Crippen LogP contribution in [0.1, 0.15) is 47.0 Å². The fourth-order valence-corrected chi connectivity index (χ4v) is 2.26. The standard InChI is InChI=1S/C12H23N3O4/c1-5-14(12(2,3)4)15(18)13-19-10-7-6-9(8-10)11(16)17/h9-10H,5-8H2,1-4H3,(H,16,17)/b15-13-/t9-,10+/m1/s1. The van der Waals surface area contributed by atoms with Gasteiger partial charge in [-0.1, -0.05) is 0 Å². The first-order valence-corrected chi connectivity index (χ1v) is 6.60. The van der Waals surface area contributed by atoms with Gasteiger partial charge in [-0.25, -0.2) is 0 Å². The second-order valence-corrected chi connectivity index (χ2v) is 5.80. The van der Waals surface area contributed by atoms with E-state index >= 15 is 0 Å². The Labute approximate surface area is 113 Å². The van der Waals surface area contributed by atoms with E-state index in [1.807, 2.05) is 27.7 Å². The summed E-state index contributed by atoms with van der Waals surface area (Å²) in [6.07, 6.45) is 1.33. The Morgan fingerprint density at radius 1 is 1.53 bits per heavy atom. The van der Waals surface area contributed by atoms with Crippen molar-refractivity contribution in [2.45, 2.75) is 58.6 Å². The summed E-state index contributed by atoms with van der Waals surface area (Å²) < 4.78 is 0. The highest BCUT2D eigenvalue weighted by Gasteiger charge is 2.32. The molecule has 0 heterocycles. The molecule has 7 heteroatoms. The Balaban J connectivity index is 2.55. The number of carboxylic acid groups (broad SMARTS) is 1. The summed E-state index contributed by atoms with van der Waals surface area (Å²) >= 11 is 0. The van der Waals surface area contributed by atoms with Gasteiger partial charge in [0.2, 0.25) is 5.28 Å². The molecule has 0 spiro atoms. The quantitative estimate of drug-likeness (QED) is 0.471. The van der Waals surface area contributed by atoms with Crippen LogP contribution in [0.15, 0.2) is 5.28 Å². The van der Waals surface area contributed by atoms with Gasteiger partial charge in [0.25, 0.3) is 0 Å².